The number of carbonyl (C=O) groups is 1. The van der Waals surface area contributed by atoms with Gasteiger partial charge in [0.25, 0.3) is 0 Å². The molecular formula is C21H26N2O2. The first-order chi connectivity index (χ1) is 12.0. The summed E-state index contributed by atoms with van der Waals surface area (Å²) in [5, 5.41) is 6.49. The van der Waals surface area contributed by atoms with E-state index >= 15 is 0 Å². The molecule has 0 bridgehead atoms. The number of aryl methyl sites for hydroxylation is 1. The predicted octanol–water partition coefficient (Wildman–Crippen LogP) is 4.21. The molecule has 1 atom stereocenters. The van der Waals surface area contributed by atoms with Crippen LogP contribution < -0.4 is 15.4 Å². The summed E-state index contributed by atoms with van der Waals surface area (Å²) >= 11 is 0. The van der Waals surface area contributed by atoms with Crippen molar-refractivity contribution in [3.8, 4) is 5.75 Å². The lowest BCUT2D eigenvalue weighted by atomic mass is 9.97. The molecule has 2 aromatic carbocycles. The van der Waals surface area contributed by atoms with E-state index in [1.165, 1.54) is 16.7 Å². The number of carbonyl (C=O) groups excluding carboxylic acids is 1. The lowest BCUT2D eigenvalue weighted by Crippen LogP contribution is -2.21. The molecule has 0 radical (unpaired) electrons. The van der Waals surface area contributed by atoms with Gasteiger partial charge in [0, 0.05) is 24.7 Å². The number of amides is 1. The maximum absolute atomic E-state index is 11.5. The summed E-state index contributed by atoms with van der Waals surface area (Å²) in [7, 11) is 0. The number of anilines is 1. The van der Waals surface area contributed by atoms with E-state index in [-0.39, 0.29) is 18.1 Å². The van der Waals surface area contributed by atoms with Gasteiger partial charge in [0.05, 0.1) is 6.10 Å². The summed E-state index contributed by atoms with van der Waals surface area (Å²) in [4.78, 5) is 11.5. The van der Waals surface area contributed by atoms with Crippen LogP contribution in [0.25, 0.3) is 0 Å². The third-order valence-corrected chi connectivity index (χ3v) is 4.43. The van der Waals surface area contributed by atoms with E-state index in [1.807, 2.05) is 32.0 Å². The average Bonchev–Trinajstić information content (AvgIpc) is 2.60. The fraction of sp³-hybridized carbons (Fsp3) is 0.381. The van der Waals surface area contributed by atoms with Crippen molar-refractivity contribution in [2.24, 2.45) is 0 Å². The lowest BCUT2D eigenvalue weighted by molar-refractivity contribution is -0.116. The summed E-state index contributed by atoms with van der Waals surface area (Å²) in [6, 6.07) is 14.8. The van der Waals surface area contributed by atoms with Gasteiger partial charge in [-0.15, -0.1) is 0 Å². The van der Waals surface area contributed by atoms with Crippen molar-refractivity contribution in [1.82, 2.24) is 5.32 Å². The molecule has 4 heteroatoms. The van der Waals surface area contributed by atoms with Gasteiger partial charge in [-0.25, -0.2) is 0 Å². The quantitative estimate of drug-likeness (QED) is 0.829. The molecule has 0 saturated carbocycles. The van der Waals surface area contributed by atoms with E-state index in [1.54, 1.807) is 0 Å². The number of rotatable bonds is 6. The Kier molecular flexibility index (Phi) is 5.39. The Hall–Kier alpha value is -2.33. The molecule has 0 fully saturated rings. The first-order valence-corrected chi connectivity index (χ1v) is 8.93. The Balaban J connectivity index is 1.59. The second-order valence-electron chi connectivity index (χ2n) is 6.88. The van der Waals surface area contributed by atoms with E-state index in [9.17, 15) is 4.79 Å². The van der Waals surface area contributed by atoms with Crippen LogP contribution in [0.3, 0.4) is 0 Å². The van der Waals surface area contributed by atoms with Crippen molar-refractivity contribution in [2.45, 2.75) is 52.3 Å². The van der Waals surface area contributed by atoms with Crippen LogP contribution in [0.15, 0.2) is 42.5 Å². The van der Waals surface area contributed by atoms with Gasteiger partial charge in [0.1, 0.15) is 5.75 Å². The summed E-state index contributed by atoms with van der Waals surface area (Å²) in [6.45, 7) is 7.03. The first-order valence-electron chi connectivity index (χ1n) is 8.93. The third-order valence-electron chi connectivity index (χ3n) is 4.43. The van der Waals surface area contributed by atoms with Gasteiger partial charge in [-0.3, -0.25) is 4.79 Å². The Morgan fingerprint density at radius 1 is 1.08 bits per heavy atom. The second kappa shape index (κ2) is 7.70. The minimum absolute atomic E-state index is 0.108. The smallest absolute Gasteiger partial charge is 0.224 e. The number of nitrogens with one attached hydrogen (secondary N) is 2. The molecule has 25 heavy (non-hydrogen) atoms. The van der Waals surface area contributed by atoms with Gasteiger partial charge in [-0.1, -0.05) is 24.3 Å². The van der Waals surface area contributed by atoms with E-state index in [4.69, 9.17) is 4.74 Å². The van der Waals surface area contributed by atoms with Crippen molar-refractivity contribution in [2.75, 3.05) is 5.32 Å². The zero-order valence-corrected chi connectivity index (χ0v) is 15.1. The molecule has 2 aromatic rings. The first kappa shape index (κ1) is 17.5. The Morgan fingerprint density at radius 3 is 2.56 bits per heavy atom. The highest BCUT2D eigenvalue weighted by molar-refractivity contribution is 5.93. The van der Waals surface area contributed by atoms with Crippen molar-refractivity contribution in [3.63, 3.8) is 0 Å². The molecule has 0 spiro atoms. The average molecular weight is 338 g/mol. The summed E-state index contributed by atoms with van der Waals surface area (Å²) in [6.07, 6.45) is 1.58. The van der Waals surface area contributed by atoms with Crippen LogP contribution in [0.4, 0.5) is 5.69 Å². The van der Waals surface area contributed by atoms with Crippen LogP contribution in [-0.4, -0.2) is 12.0 Å². The summed E-state index contributed by atoms with van der Waals surface area (Å²) in [5.41, 5.74) is 4.65. The molecule has 0 aromatic heterocycles. The van der Waals surface area contributed by atoms with Gasteiger partial charge >= 0.3 is 0 Å². The zero-order valence-electron chi connectivity index (χ0n) is 15.1. The molecule has 132 valence electrons. The fourth-order valence-electron chi connectivity index (χ4n) is 3.02. The topological polar surface area (TPSA) is 50.4 Å². The van der Waals surface area contributed by atoms with Crippen molar-refractivity contribution < 1.29 is 9.53 Å². The van der Waals surface area contributed by atoms with Crippen LogP contribution in [0.1, 0.15) is 49.9 Å². The van der Waals surface area contributed by atoms with Gasteiger partial charge in [0.2, 0.25) is 5.91 Å². The predicted molar refractivity (Wildman–Crippen MR) is 101 cm³/mol. The van der Waals surface area contributed by atoms with Gasteiger partial charge in [-0.2, -0.15) is 0 Å². The minimum Gasteiger partial charge on any atom is -0.491 e. The Bertz CT molecular complexity index is 738. The zero-order chi connectivity index (χ0) is 17.8. The van der Waals surface area contributed by atoms with E-state index in [2.05, 4.69) is 41.8 Å². The lowest BCUT2D eigenvalue weighted by Gasteiger charge is -2.20. The van der Waals surface area contributed by atoms with Gasteiger partial charge in [-0.05, 0) is 62.1 Å². The second-order valence-corrected chi connectivity index (χ2v) is 6.88. The van der Waals surface area contributed by atoms with Gasteiger partial charge < -0.3 is 15.4 Å². The standard InChI is InChI=1S/C21H26N2O2/c1-14(2)25-19-8-4-16(5-9-19)13-22-15(3)17-6-10-20-18(12-17)7-11-21(24)23-20/h4-6,8-10,12,14-15,22H,7,11,13H2,1-3H3,(H,23,24)/t15-/m1/s1. The summed E-state index contributed by atoms with van der Waals surface area (Å²) < 4.78 is 5.67. The van der Waals surface area contributed by atoms with Gasteiger partial charge in [0.15, 0.2) is 0 Å². The number of hydrogen-bond donors (Lipinski definition) is 2. The number of ether oxygens (including phenoxy) is 1. The largest absolute Gasteiger partial charge is 0.491 e. The molecule has 1 aliphatic rings. The molecule has 2 N–H and O–H groups in total. The highest BCUT2D eigenvalue weighted by atomic mass is 16.5. The summed E-state index contributed by atoms with van der Waals surface area (Å²) in [5.74, 6) is 1.01. The highest BCUT2D eigenvalue weighted by Gasteiger charge is 2.16. The van der Waals surface area contributed by atoms with Crippen LogP contribution in [-0.2, 0) is 17.8 Å². The Labute approximate surface area is 149 Å². The van der Waals surface area contributed by atoms with E-state index in [0.717, 1.165) is 24.4 Å². The minimum atomic E-state index is 0.108. The number of benzene rings is 2. The molecule has 1 aliphatic heterocycles. The molecule has 4 nitrogen and oxygen atoms in total. The highest BCUT2D eigenvalue weighted by Crippen LogP contribution is 2.26. The molecule has 3 rings (SSSR count). The molecule has 1 heterocycles. The van der Waals surface area contributed by atoms with Crippen molar-refractivity contribution in [1.29, 1.82) is 0 Å². The van der Waals surface area contributed by atoms with Crippen LogP contribution >= 0.6 is 0 Å². The number of fused-ring (bicyclic) bond motifs is 1. The molecule has 0 aliphatic carbocycles. The van der Waals surface area contributed by atoms with Crippen molar-refractivity contribution >= 4 is 11.6 Å². The molecule has 0 saturated heterocycles. The molecule has 0 unspecified atom stereocenters. The number of hydrogen-bond acceptors (Lipinski definition) is 3. The SMILES string of the molecule is CC(C)Oc1ccc(CN[C@H](C)c2ccc3c(c2)CCC(=O)N3)cc1. The maximum atomic E-state index is 11.5. The molecular weight excluding hydrogens is 312 g/mol. The van der Waals surface area contributed by atoms with Crippen molar-refractivity contribution in [3.05, 3.63) is 59.2 Å². The van der Waals surface area contributed by atoms with E-state index < -0.39 is 0 Å². The van der Waals surface area contributed by atoms with Crippen LogP contribution in [0.2, 0.25) is 0 Å². The Morgan fingerprint density at radius 2 is 1.84 bits per heavy atom. The third kappa shape index (κ3) is 4.60. The maximum Gasteiger partial charge on any atom is 0.224 e. The molecule has 1 amide bonds. The van der Waals surface area contributed by atoms with E-state index in [0.29, 0.717) is 6.42 Å². The van der Waals surface area contributed by atoms with Crippen LogP contribution in [0, 0.1) is 0 Å². The normalized spacial score (nSPS) is 14.8. The fourth-order valence-corrected chi connectivity index (χ4v) is 3.02. The van der Waals surface area contributed by atoms with Crippen LogP contribution in [0.5, 0.6) is 5.75 Å². The monoisotopic (exact) mass is 338 g/mol.